The summed E-state index contributed by atoms with van der Waals surface area (Å²) in [5, 5.41) is 14.0. The van der Waals surface area contributed by atoms with Crippen LogP contribution in [0.4, 0.5) is 4.79 Å². The first-order chi connectivity index (χ1) is 9.04. The normalized spacial score (nSPS) is 17.4. The molecule has 0 heterocycles. The highest BCUT2D eigenvalue weighted by molar-refractivity contribution is 5.82. The first-order valence-electron chi connectivity index (χ1n) is 7.02. The Hall–Kier alpha value is -1.30. The molecule has 0 aromatic rings. The molecule has 110 valence electrons. The topological polar surface area (TPSA) is 81.7 Å². The van der Waals surface area contributed by atoms with Crippen molar-refractivity contribution in [2.75, 3.05) is 20.1 Å². The summed E-state index contributed by atoms with van der Waals surface area (Å²) in [6, 6.07) is -0.589. The predicted molar refractivity (Wildman–Crippen MR) is 73.1 cm³/mol. The molecule has 1 fully saturated rings. The fourth-order valence-corrected chi connectivity index (χ4v) is 2.42. The van der Waals surface area contributed by atoms with Gasteiger partial charge in [0.1, 0.15) is 6.04 Å². The molecule has 0 bridgehead atoms. The van der Waals surface area contributed by atoms with E-state index in [0.717, 1.165) is 6.54 Å². The Kier molecular flexibility index (Phi) is 6.62. The Labute approximate surface area is 114 Å². The molecule has 6 heteroatoms. The molecule has 0 aromatic heterocycles. The second-order valence-corrected chi connectivity index (χ2v) is 5.12. The molecule has 0 aliphatic heterocycles. The Morgan fingerprint density at radius 1 is 1.37 bits per heavy atom. The van der Waals surface area contributed by atoms with Crippen LogP contribution in [0.15, 0.2) is 0 Å². The average Bonchev–Trinajstić information content (AvgIpc) is 2.89. The van der Waals surface area contributed by atoms with Crippen molar-refractivity contribution in [3.63, 3.8) is 0 Å². The molecular weight excluding hydrogens is 246 g/mol. The van der Waals surface area contributed by atoms with Crippen molar-refractivity contribution in [3.8, 4) is 0 Å². The molecule has 0 spiro atoms. The first kappa shape index (κ1) is 15.8. The maximum Gasteiger partial charge on any atom is 0.326 e. The third-order valence-corrected chi connectivity index (χ3v) is 3.71. The predicted octanol–water partition coefficient (Wildman–Crippen LogP) is 1.02. The second kappa shape index (κ2) is 7.99. The van der Waals surface area contributed by atoms with Crippen LogP contribution in [-0.4, -0.2) is 54.2 Å². The number of hydrogen-bond acceptors (Lipinski definition) is 3. The van der Waals surface area contributed by atoms with Gasteiger partial charge in [-0.15, -0.1) is 0 Å². The van der Waals surface area contributed by atoms with Crippen molar-refractivity contribution >= 4 is 12.0 Å². The fourth-order valence-electron chi connectivity index (χ4n) is 2.42. The number of likely N-dealkylation sites (N-methyl/N-ethyl adjacent to an activating group) is 1. The molecule has 3 N–H and O–H groups in total. The number of rotatable bonds is 7. The number of aliphatic carboxylic acids is 1. The van der Waals surface area contributed by atoms with E-state index in [1.54, 1.807) is 6.92 Å². The summed E-state index contributed by atoms with van der Waals surface area (Å²) in [6.45, 7) is 3.06. The number of carboxylic acid groups (broad SMARTS) is 1. The highest BCUT2D eigenvalue weighted by Gasteiger charge is 2.20. The highest BCUT2D eigenvalue weighted by atomic mass is 16.4. The molecule has 1 saturated carbocycles. The fraction of sp³-hybridized carbons (Fsp3) is 0.846. The zero-order valence-electron chi connectivity index (χ0n) is 11.8. The summed E-state index contributed by atoms with van der Waals surface area (Å²) in [5.41, 5.74) is 0. The van der Waals surface area contributed by atoms with Crippen molar-refractivity contribution in [3.05, 3.63) is 0 Å². The summed E-state index contributed by atoms with van der Waals surface area (Å²) >= 11 is 0. The second-order valence-electron chi connectivity index (χ2n) is 5.12. The Bertz CT molecular complexity index is 304. The van der Waals surface area contributed by atoms with Crippen LogP contribution >= 0.6 is 0 Å². The minimum Gasteiger partial charge on any atom is -0.480 e. The van der Waals surface area contributed by atoms with Gasteiger partial charge in [0, 0.05) is 19.1 Å². The van der Waals surface area contributed by atoms with Crippen LogP contribution in [-0.2, 0) is 4.79 Å². The summed E-state index contributed by atoms with van der Waals surface area (Å²) in [7, 11) is 2.07. The van der Waals surface area contributed by atoms with Gasteiger partial charge in [0.15, 0.2) is 0 Å². The molecule has 6 nitrogen and oxygen atoms in total. The SMILES string of the molecule is CCC(NC(=O)NCCN(C)C1CCCC1)C(=O)O. The summed E-state index contributed by atoms with van der Waals surface area (Å²) in [5.74, 6) is -0.999. The third kappa shape index (κ3) is 5.46. The maximum absolute atomic E-state index is 11.5. The number of nitrogens with one attached hydrogen (secondary N) is 2. The Morgan fingerprint density at radius 2 is 2.00 bits per heavy atom. The van der Waals surface area contributed by atoms with Gasteiger partial charge in [-0.05, 0) is 26.3 Å². The zero-order valence-corrected chi connectivity index (χ0v) is 11.8. The molecule has 0 saturated heterocycles. The van der Waals surface area contributed by atoms with Gasteiger partial charge in [-0.25, -0.2) is 9.59 Å². The summed E-state index contributed by atoms with van der Waals surface area (Å²) < 4.78 is 0. The van der Waals surface area contributed by atoms with E-state index in [2.05, 4.69) is 22.6 Å². The van der Waals surface area contributed by atoms with E-state index in [4.69, 9.17) is 5.11 Å². The molecule has 2 amide bonds. The minimum atomic E-state index is -0.999. The molecule has 0 aromatic carbocycles. The summed E-state index contributed by atoms with van der Waals surface area (Å²) in [6.07, 6.45) is 5.43. The highest BCUT2D eigenvalue weighted by Crippen LogP contribution is 2.21. The van der Waals surface area contributed by atoms with Crippen LogP contribution in [0.2, 0.25) is 0 Å². The van der Waals surface area contributed by atoms with E-state index in [1.165, 1.54) is 25.7 Å². The van der Waals surface area contributed by atoms with Crippen molar-refractivity contribution < 1.29 is 14.7 Å². The van der Waals surface area contributed by atoms with Crippen LogP contribution in [0, 0.1) is 0 Å². The lowest BCUT2D eigenvalue weighted by atomic mass is 10.2. The molecule has 1 unspecified atom stereocenters. The molecule has 1 atom stereocenters. The van der Waals surface area contributed by atoms with Crippen LogP contribution in [0.1, 0.15) is 39.0 Å². The number of hydrogen-bond donors (Lipinski definition) is 3. The molecule has 0 radical (unpaired) electrons. The van der Waals surface area contributed by atoms with Gasteiger partial charge in [-0.2, -0.15) is 0 Å². The first-order valence-corrected chi connectivity index (χ1v) is 7.02. The molecule has 1 aliphatic rings. The van der Waals surface area contributed by atoms with Gasteiger partial charge >= 0.3 is 12.0 Å². The van der Waals surface area contributed by atoms with E-state index in [0.29, 0.717) is 19.0 Å². The number of nitrogens with zero attached hydrogens (tertiary/aromatic N) is 1. The number of urea groups is 1. The van der Waals surface area contributed by atoms with Crippen LogP contribution in [0.5, 0.6) is 0 Å². The van der Waals surface area contributed by atoms with Gasteiger partial charge in [0.25, 0.3) is 0 Å². The summed E-state index contributed by atoms with van der Waals surface area (Å²) in [4.78, 5) is 24.6. The Morgan fingerprint density at radius 3 is 2.53 bits per heavy atom. The standard InChI is InChI=1S/C13H25N3O3/c1-3-11(12(17)18)15-13(19)14-8-9-16(2)10-6-4-5-7-10/h10-11H,3-9H2,1-2H3,(H,17,18)(H2,14,15,19). The Balaban J connectivity index is 2.17. The van der Waals surface area contributed by atoms with E-state index >= 15 is 0 Å². The van der Waals surface area contributed by atoms with Gasteiger partial charge < -0.3 is 20.6 Å². The van der Waals surface area contributed by atoms with Gasteiger partial charge in [0.2, 0.25) is 0 Å². The van der Waals surface area contributed by atoms with Gasteiger partial charge in [0.05, 0.1) is 0 Å². The van der Waals surface area contributed by atoms with Crippen molar-refractivity contribution in [1.82, 2.24) is 15.5 Å². The van der Waals surface area contributed by atoms with Crippen molar-refractivity contribution in [2.45, 2.75) is 51.1 Å². The largest absolute Gasteiger partial charge is 0.480 e. The van der Waals surface area contributed by atoms with Gasteiger partial charge in [-0.3, -0.25) is 0 Å². The van der Waals surface area contributed by atoms with E-state index in [1.807, 2.05) is 0 Å². The van der Waals surface area contributed by atoms with Crippen molar-refractivity contribution in [1.29, 1.82) is 0 Å². The number of carbonyl (C=O) groups excluding carboxylic acids is 1. The number of amides is 2. The average molecular weight is 271 g/mol. The van der Waals surface area contributed by atoms with Crippen molar-refractivity contribution in [2.24, 2.45) is 0 Å². The number of carboxylic acids is 1. The maximum atomic E-state index is 11.5. The smallest absolute Gasteiger partial charge is 0.326 e. The zero-order chi connectivity index (χ0) is 14.3. The van der Waals surface area contributed by atoms with E-state index in [9.17, 15) is 9.59 Å². The van der Waals surface area contributed by atoms with E-state index in [-0.39, 0.29) is 0 Å². The van der Waals surface area contributed by atoms with Crippen LogP contribution < -0.4 is 10.6 Å². The lowest BCUT2D eigenvalue weighted by Gasteiger charge is -2.24. The number of carbonyl (C=O) groups is 2. The molecule has 19 heavy (non-hydrogen) atoms. The molecule has 1 rings (SSSR count). The van der Waals surface area contributed by atoms with Crippen LogP contribution in [0.25, 0.3) is 0 Å². The lowest BCUT2D eigenvalue weighted by molar-refractivity contribution is -0.139. The third-order valence-electron chi connectivity index (χ3n) is 3.71. The monoisotopic (exact) mass is 271 g/mol. The van der Waals surface area contributed by atoms with Crippen LogP contribution in [0.3, 0.4) is 0 Å². The van der Waals surface area contributed by atoms with Gasteiger partial charge in [-0.1, -0.05) is 19.8 Å². The molecular formula is C13H25N3O3. The quantitative estimate of drug-likeness (QED) is 0.646. The lowest BCUT2D eigenvalue weighted by Crippen LogP contribution is -2.47. The van der Waals surface area contributed by atoms with E-state index < -0.39 is 18.0 Å². The minimum absolute atomic E-state index is 0.380. The molecule has 1 aliphatic carbocycles.